The molecule has 0 heterocycles. The summed E-state index contributed by atoms with van der Waals surface area (Å²) in [6.07, 6.45) is 0. The highest BCUT2D eigenvalue weighted by atomic mass is 32.2. The Hall–Kier alpha value is -0.510. The molecule has 0 saturated carbocycles. The van der Waals surface area contributed by atoms with Crippen LogP contribution in [0.2, 0.25) is 0 Å². The van der Waals surface area contributed by atoms with Gasteiger partial charge in [-0.25, -0.2) is 0 Å². The van der Waals surface area contributed by atoms with Crippen LogP contribution in [0.3, 0.4) is 0 Å². The van der Waals surface area contributed by atoms with Crippen molar-refractivity contribution in [2.24, 2.45) is 5.92 Å². The molecule has 102 valence electrons. The lowest BCUT2D eigenvalue weighted by Gasteiger charge is -2.23. The van der Waals surface area contributed by atoms with Crippen molar-refractivity contribution in [3.8, 4) is 0 Å². The lowest BCUT2D eigenvalue weighted by Crippen LogP contribution is -2.33. The summed E-state index contributed by atoms with van der Waals surface area (Å²) in [7, 11) is 1.77. The van der Waals surface area contributed by atoms with Gasteiger partial charge in [0.1, 0.15) is 0 Å². The number of methoxy groups -OCH3 is 1. The molecule has 0 saturated heterocycles. The van der Waals surface area contributed by atoms with Crippen molar-refractivity contribution in [3.63, 3.8) is 0 Å². The van der Waals surface area contributed by atoms with Crippen LogP contribution in [0.4, 0.5) is 0 Å². The lowest BCUT2D eigenvalue weighted by atomic mass is 10.2. The fourth-order valence-corrected chi connectivity index (χ4v) is 2.78. The third-order valence-corrected chi connectivity index (χ3v) is 3.65. The van der Waals surface area contributed by atoms with Crippen molar-refractivity contribution in [2.45, 2.75) is 18.7 Å². The predicted molar refractivity (Wildman–Crippen MR) is 80.3 cm³/mol. The van der Waals surface area contributed by atoms with Crippen LogP contribution >= 0.6 is 11.8 Å². The number of hydrogen-bond donors (Lipinski definition) is 0. The first-order valence-corrected chi connectivity index (χ1v) is 7.60. The van der Waals surface area contributed by atoms with E-state index in [9.17, 15) is 0 Å². The van der Waals surface area contributed by atoms with Crippen LogP contribution in [0.5, 0.6) is 0 Å². The third kappa shape index (κ3) is 7.04. The molecule has 1 aromatic carbocycles. The van der Waals surface area contributed by atoms with Crippen molar-refractivity contribution in [1.29, 1.82) is 0 Å². The lowest BCUT2D eigenvalue weighted by molar-refractivity contribution is 0.144. The number of nitrogens with zero attached hydrogens (tertiary/aromatic N) is 1. The molecule has 0 aliphatic carbocycles. The summed E-state index contributed by atoms with van der Waals surface area (Å²) in [5.41, 5.74) is 0. The Bertz CT molecular complexity index is 303. The minimum atomic E-state index is 0.712. The van der Waals surface area contributed by atoms with Crippen molar-refractivity contribution < 1.29 is 4.74 Å². The SMILES string of the molecule is COCCN(CCSc1ccccc1)CC(C)C. The van der Waals surface area contributed by atoms with E-state index in [1.807, 2.05) is 11.8 Å². The van der Waals surface area contributed by atoms with Crippen molar-refractivity contribution in [3.05, 3.63) is 30.3 Å². The molecule has 0 radical (unpaired) electrons. The maximum absolute atomic E-state index is 5.17. The minimum absolute atomic E-state index is 0.712. The molecule has 0 aromatic heterocycles. The standard InChI is InChI=1S/C15H25NOS/c1-14(2)13-16(9-11-17-3)10-12-18-15-7-5-4-6-8-15/h4-8,14H,9-13H2,1-3H3. The molecule has 0 fully saturated rings. The van der Waals surface area contributed by atoms with Gasteiger partial charge >= 0.3 is 0 Å². The van der Waals surface area contributed by atoms with E-state index in [4.69, 9.17) is 4.74 Å². The smallest absolute Gasteiger partial charge is 0.0589 e. The van der Waals surface area contributed by atoms with Crippen LogP contribution in [0.1, 0.15) is 13.8 Å². The van der Waals surface area contributed by atoms with Crippen molar-refractivity contribution in [1.82, 2.24) is 4.90 Å². The van der Waals surface area contributed by atoms with E-state index < -0.39 is 0 Å². The van der Waals surface area contributed by atoms with Crippen LogP contribution in [0.15, 0.2) is 35.2 Å². The van der Waals surface area contributed by atoms with Gasteiger partial charge in [-0.1, -0.05) is 32.0 Å². The Morgan fingerprint density at radius 3 is 2.50 bits per heavy atom. The van der Waals surface area contributed by atoms with E-state index in [0.717, 1.165) is 32.0 Å². The van der Waals surface area contributed by atoms with Gasteiger partial charge in [0, 0.05) is 37.4 Å². The molecule has 0 amide bonds. The zero-order valence-electron chi connectivity index (χ0n) is 11.8. The van der Waals surface area contributed by atoms with Gasteiger partial charge in [-0.2, -0.15) is 0 Å². The van der Waals surface area contributed by atoms with Gasteiger partial charge in [-0.15, -0.1) is 11.8 Å². The second-order valence-corrected chi connectivity index (χ2v) is 6.02. The van der Waals surface area contributed by atoms with Gasteiger partial charge in [-0.05, 0) is 18.1 Å². The predicted octanol–water partition coefficient (Wildman–Crippen LogP) is 3.38. The molecule has 0 atom stereocenters. The van der Waals surface area contributed by atoms with Crippen molar-refractivity contribution in [2.75, 3.05) is 39.1 Å². The maximum atomic E-state index is 5.17. The monoisotopic (exact) mass is 267 g/mol. The van der Waals surface area contributed by atoms with Crippen LogP contribution in [-0.4, -0.2) is 44.0 Å². The van der Waals surface area contributed by atoms with E-state index in [1.54, 1.807) is 7.11 Å². The first-order chi connectivity index (χ1) is 8.72. The summed E-state index contributed by atoms with van der Waals surface area (Å²) in [6.45, 7) is 8.67. The highest BCUT2D eigenvalue weighted by Crippen LogP contribution is 2.16. The summed E-state index contributed by atoms with van der Waals surface area (Å²) in [5, 5.41) is 0. The molecule has 18 heavy (non-hydrogen) atoms. The quantitative estimate of drug-likeness (QED) is 0.636. The molecule has 0 N–H and O–H groups in total. The van der Waals surface area contributed by atoms with Gasteiger partial charge in [0.2, 0.25) is 0 Å². The fraction of sp³-hybridized carbons (Fsp3) is 0.600. The van der Waals surface area contributed by atoms with E-state index in [2.05, 4.69) is 49.1 Å². The molecule has 1 rings (SSSR count). The highest BCUT2D eigenvalue weighted by Gasteiger charge is 2.07. The van der Waals surface area contributed by atoms with Gasteiger partial charge in [0.25, 0.3) is 0 Å². The Labute approximate surface area is 116 Å². The Morgan fingerprint density at radius 2 is 1.89 bits per heavy atom. The number of hydrogen-bond acceptors (Lipinski definition) is 3. The molecule has 2 nitrogen and oxygen atoms in total. The van der Waals surface area contributed by atoms with Gasteiger partial charge in [0.05, 0.1) is 6.61 Å². The molecular weight excluding hydrogens is 242 g/mol. The first-order valence-electron chi connectivity index (χ1n) is 6.61. The molecule has 0 unspecified atom stereocenters. The molecule has 3 heteroatoms. The molecule has 0 spiro atoms. The zero-order chi connectivity index (χ0) is 13.2. The molecular formula is C15H25NOS. The summed E-state index contributed by atoms with van der Waals surface area (Å²) in [6, 6.07) is 10.6. The van der Waals surface area contributed by atoms with Crippen LogP contribution < -0.4 is 0 Å². The zero-order valence-corrected chi connectivity index (χ0v) is 12.6. The molecule has 0 aliphatic heterocycles. The summed E-state index contributed by atoms with van der Waals surface area (Å²) in [5.74, 6) is 1.85. The van der Waals surface area contributed by atoms with Gasteiger partial charge in [-0.3, -0.25) is 4.90 Å². The summed E-state index contributed by atoms with van der Waals surface area (Å²) < 4.78 is 5.17. The third-order valence-electron chi connectivity index (χ3n) is 2.65. The van der Waals surface area contributed by atoms with Crippen LogP contribution in [0, 0.1) is 5.92 Å². The highest BCUT2D eigenvalue weighted by molar-refractivity contribution is 7.99. The first kappa shape index (κ1) is 15.5. The second-order valence-electron chi connectivity index (χ2n) is 4.85. The average Bonchev–Trinajstić information content (AvgIpc) is 2.36. The fourth-order valence-electron chi connectivity index (χ4n) is 1.84. The number of benzene rings is 1. The van der Waals surface area contributed by atoms with E-state index in [1.165, 1.54) is 4.90 Å². The van der Waals surface area contributed by atoms with Gasteiger partial charge < -0.3 is 4.74 Å². The Morgan fingerprint density at radius 1 is 1.17 bits per heavy atom. The maximum Gasteiger partial charge on any atom is 0.0589 e. The van der Waals surface area contributed by atoms with Crippen molar-refractivity contribution >= 4 is 11.8 Å². The normalized spacial score (nSPS) is 11.4. The minimum Gasteiger partial charge on any atom is -0.383 e. The number of rotatable bonds is 9. The molecule has 0 aliphatic rings. The second kappa shape index (κ2) is 9.42. The van der Waals surface area contributed by atoms with Crippen LogP contribution in [-0.2, 0) is 4.74 Å². The van der Waals surface area contributed by atoms with E-state index in [0.29, 0.717) is 5.92 Å². The Balaban J connectivity index is 2.27. The largest absolute Gasteiger partial charge is 0.383 e. The number of ether oxygens (including phenoxy) is 1. The number of thioether (sulfide) groups is 1. The Kier molecular flexibility index (Phi) is 8.14. The average molecular weight is 267 g/mol. The summed E-state index contributed by atoms with van der Waals surface area (Å²) >= 11 is 1.93. The van der Waals surface area contributed by atoms with Crippen LogP contribution in [0.25, 0.3) is 0 Å². The van der Waals surface area contributed by atoms with E-state index in [-0.39, 0.29) is 0 Å². The molecule has 0 bridgehead atoms. The van der Waals surface area contributed by atoms with Gasteiger partial charge in [0.15, 0.2) is 0 Å². The molecule has 1 aromatic rings. The topological polar surface area (TPSA) is 12.5 Å². The summed E-state index contributed by atoms with van der Waals surface area (Å²) in [4.78, 5) is 3.85. The van der Waals surface area contributed by atoms with E-state index >= 15 is 0 Å².